The lowest BCUT2D eigenvalue weighted by molar-refractivity contribution is -0.118. The van der Waals surface area contributed by atoms with Crippen molar-refractivity contribution in [3.05, 3.63) is 47.1 Å². The van der Waals surface area contributed by atoms with Crippen molar-refractivity contribution in [3.63, 3.8) is 0 Å². The molecule has 3 rings (SSSR count). The van der Waals surface area contributed by atoms with Crippen LogP contribution in [0.2, 0.25) is 0 Å². The number of allylic oxidation sites excluding steroid dienone is 2. The summed E-state index contributed by atoms with van der Waals surface area (Å²) < 4.78 is 11.0. The maximum Gasteiger partial charge on any atom is 0.163 e. The average molecular weight is 284 g/mol. The van der Waals surface area contributed by atoms with Crippen LogP contribution in [0.15, 0.2) is 41.5 Å². The van der Waals surface area contributed by atoms with Crippen molar-refractivity contribution in [2.45, 2.75) is 26.7 Å². The Morgan fingerprint density at radius 1 is 1.14 bits per heavy atom. The molecule has 0 bridgehead atoms. The highest BCUT2D eigenvalue weighted by Gasteiger charge is 2.34. The third-order valence-corrected chi connectivity index (χ3v) is 4.08. The fraction of sp³-hybridized carbons (Fsp3) is 0.389. The minimum absolute atomic E-state index is 0.0365. The van der Waals surface area contributed by atoms with Crippen molar-refractivity contribution in [2.75, 3.05) is 13.7 Å². The molecule has 3 heteroatoms. The molecule has 110 valence electrons. The van der Waals surface area contributed by atoms with E-state index in [4.69, 9.17) is 9.47 Å². The fourth-order valence-corrected chi connectivity index (χ4v) is 2.99. The number of Topliss-reactive ketones (excluding diaryl/α,β-unsaturated/α-hetero) is 1. The van der Waals surface area contributed by atoms with Crippen LogP contribution in [0, 0.1) is 5.41 Å². The summed E-state index contributed by atoms with van der Waals surface area (Å²) in [5, 5.41) is 0. The smallest absolute Gasteiger partial charge is 0.163 e. The minimum atomic E-state index is 0.0365. The summed E-state index contributed by atoms with van der Waals surface area (Å²) in [6, 6.07) is 7.79. The molecule has 0 aromatic heterocycles. The molecule has 2 aliphatic rings. The highest BCUT2D eigenvalue weighted by molar-refractivity contribution is 5.99. The second-order valence-corrected chi connectivity index (χ2v) is 6.47. The van der Waals surface area contributed by atoms with E-state index in [2.05, 4.69) is 13.8 Å². The molecule has 0 atom stereocenters. The van der Waals surface area contributed by atoms with Crippen LogP contribution >= 0.6 is 0 Å². The summed E-state index contributed by atoms with van der Waals surface area (Å²) in [5.41, 5.74) is 3.03. The van der Waals surface area contributed by atoms with Gasteiger partial charge in [0.1, 0.15) is 18.1 Å². The first kappa shape index (κ1) is 13.9. The molecule has 1 aliphatic heterocycles. The summed E-state index contributed by atoms with van der Waals surface area (Å²) in [5.74, 6) is 1.89. The number of methoxy groups -OCH3 is 1. The van der Waals surface area contributed by atoms with Crippen LogP contribution in [-0.4, -0.2) is 19.5 Å². The molecule has 0 fully saturated rings. The van der Waals surface area contributed by atoms with Gasteiger partial charge in [0.05, 0.1) is 7.11 Å². The largest absolute Gasteiger partial charge is 0.497 e. The van der Waals surface area contributed by atoms with Gasteiger partial charge < -0.3 is 9.47 Å². The maximum atomic E-state index is 12.2. The monoisotopic (exact) mass is 284 g/mol. The molecular formula is C18H20O3. The predicted molar refractivity (Wildman–Crippen MR) is 82.0 cm³/mol. The van der Waals surface area contributed by atoms with Crippen molar-refractivity contribution in [1.29, 1.82) is 0 Å². The maximum absolute atomic E-state index is 12.2. The average Bonchev–Trinajstić information content (AvgIpc) is 2.45. The Bertz CT molecular complexity index is 633. The summed E-state index contributed by atoms with van der Waals surface area (Å²) in [4.78, 5) is 12.2. The van der Waals surface area contributed by atoms with E-state index in [0.29, 0.717) is 13.0 Å². The lowest BCUT2D eigenvalue weighted by atomic mass is 9.73. The second kappa shape index (κ2) is 5.06. The molecule has 1 aliphatic carbocycles. The Morgan fingerprint density at radius 2 is 1.86 bits per heavy atom. The van der Waals surface area contributed by atoms with Gasteiger partial charge in [-0.3, -0.25) is 4.79 Å². The van der Waals surface area contributed by atoms with E-state index in [1.165, 1.54) is 0 Å². The standard InChI is InChI=1S/C18H20O3/c1-18(2)9-13-8-17(21-11-15(13)16(19)10-18)12-4-6-14(20-3)7-5-12/h4-8H,9-11H2,1-3H3. The highest BCUT2D eigenvalue weighted by Crippen LogP contribution is 2.40. The van der Waals surface area contributed by atoms with Crippen LogP contribution in [0.5, 0.6) is 5.75 Å². The van der Waals surface area contributed by atoms with E-state index in [1.807, 2.05) is 30.3 Å². The van der Waals surface area contributed by atoms with Crippen LogP contribution in [0.3, 0.4) is 0 Å². The number of rotatable bonds is 2. The lowest BCUT2D eigenvalue weighted by Crippen LogP contribution is -2.28. The van der Waals surface area contributed by atoms with Gasteiger partial charge in [-0.1, -0.05) is 13.8 Å². The van der Waals surface area contributed by atoms with Crippen molar-refractivity contribution in [3.8, 4) is 5.75 Å². The number of hydrogen-bond donors (Lipinski definition) is 0. The van der Waals surface area contributed by atoms with Gasteiger partial charge in [0, 0.05) is 17.6 Å². The van der Waals surface area contributed by atoms with E-state index in [0.717, 1.165) is 34.6 Å². The van der Waals surface area contributed by atoms with Gasteiger partial charge in [0.15, 0.2) is 5.78 Å². The molecule has 0 N–H and O–H groups in total. The van der Waals surface area contributed by atoms with E-state index >= 15 is 0 Å². The van der Waals surface area contributed by atoms with Gasteiger partial charge >= 0.3 is 0 Å². The molecule has 0 radical (unpaired) electrons. The van der Waals surface area contributed by atoms with Gasteiger partial charge in [-0.25, -0.2) is 0 Å². The zero-order valence-electron chi connectivity index (χ0n) is 12.7. The van der Waals surface area contributed by atoms with E-state index in [1.54, 1.807) is 7.11 Å². The molecule has 1 aromatic rings. The van der Waals surface area contributed by atoms with Crippen molar-refractivity contribution in [2.24, 2.45) is 5.41 Å². The molecule has 1 aromatic carbocycles. The molecule has 1 heterocycles. The van der Waals surface area contributed by atoms with E-state index in [9.17, 15) is 4.79 Å². The Morgan fingerprint density at radius 3 is 2.52 bits per heavy atom. The number of hydrogen-bond acceptors (Lipinski definition) is 3. The minimum Gasteiger partial charge on any atom is -0.497 e. The van der Waals surface area contributed by atoms with Crippen molar-refractivity contribution in [1.82, 2.24) is 0 Å². The van der Waals surface area contributed by atoms with E-state index < -0.39 is 0 Å². The predicted octanol–water partition coefficient (Wildman–Crippen LogP) is 3.75. The highest BCUT2D eigenvalue weighted by atomic mass is 16.5. The molecule has 21 heavy (non-hydrogen) atoms. The third kappa shape index (κ3) is 2.73. The van der Waals surface area contributed by atoms with Crippen LogP contribution in [0.1, 0.15) is 32.3 Å². The zero-order valence-corrected chi connectivity index (χ0v) is 12.7. The van der Waals surface area contributed by atoms with Crippen molar-refractivity contribution < 1.29 is 14.3 Å². The topological polar surface area (TPSA) is 35.5 Å². The number of ether oxygens (including phenoxy) is 2. The number of benzene rings is 1. The Balaban J connectivity index is 1.93. The van der Waals surface area contributed by atoms with E-state index in [-0.39, 0.29) is 11.2 Å². The first-order valence-corrected chi connectivity index (χ1v) is 7.23. The quantitative estimate of drug-likeness (QED) is 0.829. The number of carbonyl (C=O) groups is 1. The van der Waals surface area contributed by atoms with Gasteiger partial charge in [0.2, 0.25) is 0 Å². The molecule has 0 spiro atoms. The molecule has 0 amide bonds. The second-order valence-electron chi connectivity index (χ2n) is 6.47. The van der Waals surface area contributed by atoms with Crippen molar-refractivity contribution >= 4 is 11.5 Å². The molecular weight excluding hydrogens is 264 g/mol. The Kier molecular flexibility index (Phi) is 3.36. The van der Waals surface area contributed by atoms with Crippen LogP contribution < -0.4 is 4.74 Å². The molecule has 3 nitrogen and oxygen atoms in total. The van der Waals surface area contributed by atoms with Crippen LogP contribution in [0.25, 0.3) is 5.76 Å². The first-order chi connectivity index (χ1) is 9.98. The van der Waals surface area contributed by atoms with Gasteiger partial charge in [0.25, 0.3) is 0 Å². The fourth-order valence-electron chi connectivity index (χ4n) is 2.99. The normalized spacial score (nSPS) is 20.5. The van der Waals surface area contributed by atoms with Gasteiger partial charge in [-0.2, -0.15) is 0 Å². The van der Waals surface area contributed by atoms with Gasteiger partial charge in [-0.05, 0) is 47.8 Å². The Hall–Kier alpha value is -2.03. The summed E-state index contributed by atoms with van der Waals surface area (Å²) in [6.45, 7) is 4.68. The lowest BCUT2D eigenvalue weighted by Gasteiger charge is -2.33. The number of ketones is 1. The zero-order chi connectivity index (χ0) is 15.0. The molecule has 0 saturated heterocycles. The Labute approximate surface area is 125 Å². The first-order valence-electron chi connectivity index (χ1n) is 7.23. The molecule has 0 saturated carbocycles. The molecule has 0 unspecified atom stereocenters. The summed E-state index contributed by atoms with van der Waals surface area (Å²) >= 11 is 0. The SMILES string of the molecule is COc1ccc(C2=CC3=C(CO2)C(=O)CC(C)(C)C3)cc1. The third-order valence-electron chi connectivity index (χ3n) is 4.08. The van der Waals surface area contributed by atoms with Crippen LogP contribution in [0.4, 0.5) is 0 Å². The van der Waals surface area contributed by atoms with Gasteiger partial charge in [-0.15, -0.1) is 0 Å². The van der Waals surface area contributed by atoms with Crippen LogP contribution in [-0.2, 0) is 9.53 Å². The summed E-state index contributed by atoms with van der Waals surface area (Å²) in [7, 11) is 1.65. The summed E-state index contributed by atoms with van der Waals surface area (Å²) in [6.07, 6.45) is 3.57. The number of carbonyl (C=O) groups excluding carboxylic acids is 1.